The van der Waals surface area contributed by atoms with Gasteiger partial charge in [0, 0.05) is 38.3 Å². The quantitative estimate of drug-likeness (QED) is 0.793. The van der Waals surface area contributed by atoms with Crippen LogP contribution in [0.5, 0.6) is 0 Å². The van der Waals surface area contributed by atoms with Crippen LogP contribution in [0.4, 0.5) is 0 Å². The van der Waals surface area contributed by atoms with Gasteiger partial charge in [0.1, 0.15) is 0 Å². The Kier molecular flexibility index (Phi) is 3.69. The first-order valence-corrected chi connectivity index (χ1v) is 7.45. The highest BCUT2D eigenvalue weighted by molar-refractivity contribution is 4.98. The molecule has 3 rings (SSSR count). The van der Waals surface area contributed by atoms with Crippen LogP contribution in [0.2, 0.25) is 0 Å². The summed E-state index contributed by atoms with van der Waals surface area (Å²) in [5.74, 6) is 0. The van der Waals surface area contributed by atoms with Crippen LogP contribution >= 0.6 is 0 Å². The Morgan fingerprint density at radius 1 is 1.18 bits per heavy atom. The predicted molar refractivity (Wildman–Crippen MR) is 69.2 cm³/mol. The Bertz CT molecular complexity index is 245. The van der Waals surface area contributed by atoms with Gasteiger partial charge in [0.05, 0.1) is 6.10 Å². The highest BCUT2D eigenvalue weighted by Gasteiger charge is 2.38. The Balaban J connectivity index is 1.52. The standard InChI is InChI=1S/C14H26N2O/c1-4-10-17-13(5-1)11-16-9-8-15-14(12-16)6-2-3-7-14/h13,15H,1-12H2. The molecule has 2 heterocycles. The van der Waals surface area contributed by atoms with E-state index in [4.69, 9.17) is 4.74 Å². The van der Waals surface area contributed by atoms with Gasteiger partial charge in [-0.2, -0.15) is 0 Å². The van der Waals surface area contributed by atoms with E-state index in [9.17, 15) is 0 Å². The maximum Gasteiger partial charge on any atom is 0.0702 e. The van der Waals surface area contributed by atoms with Crippen molar-refractivity contribution in [1.29, 1.82) is 0 Å². The molecule has 1 unspecified atom stereocenters. The van der Waals surface area contributed by atoms with Crippen molar-refractivity contribution in [1.82, 2.24) is 10.2 Å². The second-order valence-electron chi connectivity index (χ2n) is 6.14. The highest BCUT2D eigenvalue weighted by Crippen LogP contribution is 2.32. The van der Waals surface area contributed by atoms with E-state index in [2.05, 4.69) is 10.2 Å². The fraction of sp³-hybridized carbons (Fsp3) is 1.00. The Morgan fingerprint density at radius 3 is 2.82 bits per heavy atom. The van der Waals surface area contributed by atoms with E-state index in [1.54, 1.807) is 0 Å². The lowest BCUT2D eigenvalue weighted by Crippen LogP contribution is -2.60. The Hall–Kier alpha value is -0.120. The largest absolute Gasteiger partial charge is 0.377 e. The zero-order valence-corrected chi connectivity index (χ0v) is 10.9. The van der Waals surface area contributed by atoms with Gasteiger partial charge in [0.25, 0.3) is 0 Å². The van der Waals surface area contributed by atoms with Gasteiger partial charge in [-0.1, -0.05) is 12.8 Å². The summed E-state index contributed by atoms with van der Waals surface area (Å²) in [6.07, 6.45) is 10.0. The van der Waals surface area contributed by atoms with Crippen LogP contribution in [0.25, 0.3) is 0 Å². The molecule has 17 heavy (non-hydrogen) atoms. The minimum Gasteiger partial charge on any atom is -0.377 e. The van der Waals surface area contributed by atoms with Gasteiger partial charge in [-0.25, -0.2) is 0 Å². The lowest BCUT2D eigenvalue weighted by atomic mass is 9.94. The van der Waals surface area contributed by atoms with Crippen LogP contribution in [0.1, 0.15) is 44.9 Å². The molecule has 1 N–H and O–H groups in total. The molecule has 1 atom stereocenters. The molecule has 1 spiro atoms. The number of hydrogen-bond donors (Lipinski definition) is 1. The number of hydrogen-bond acceptors (Lipinski definition) is 3. The van der Waals surface area contributed by atoms with Crippen LogP contribution in [-0.2, 0) is 4.74 Å². The van der Waals surface area contributed by atoms with Crippen molar-refractivity contribution in [3.63, 3.8) is 0 Å². The second-order valence-corrected chi connectivity index (χ2v) is 6.14. The molecule has 2 saturated heterocycles. The third-order valence-corrected chi connectivity index (χ3v) is 4.75. The third-order valence-electron chi connectivity index (χ3n) is 4.75. The van der Waals surface area contributed by atoms with E-state index in [0.29, 0.717) is 11.6 Å². The Labute approximate surface area is 105 Å². The van der Waals surface area contributed by atoms with Crippen LogP contribution in [-0.4, -0.2) is 49.3 Å². The number of rotatable bonds is 2. The summed E-state index contributed by atoms with van der Waals surface area (Å²) in [7, 11) is 0. The number of ether oxygens (including phenoxy) is 1. The number of nitrogens with zero attached hydrogens (tertiary/aromatic N) is 1. The van der Waals surface area contributed by atoms with Crippen molar-refractivity contribution in [2.75, 3.05) is 32.8 Å². The van der Waals surface area contributed by atoms with Gasteiger partial charge in [0.15, 0.2) is 0 Å². The van der Waals surface area contributed by atoms with E-state index < -0.39 is 0 Å². The van der Waals surface area contributed by atoms with E-state index in [1.807, 2.05) is 0 Å². The first kappa shape index (κ1) is 11.9. The molecule has 98 valence electrons. The van der Waals surface area contributed by atoms with Gasteiger partial charge in [0.2, 0.25) is 0 Å². The van der Waals surface area contributed by atoms with Gasteiger partial charge < -0.3 is 10.1 Å². The molecular weight excluding hydrogens is 212 g/mol. The van der Waals surface area contributed by atoms with Crippen molar-refractivity contribution in [3.8, 4) is 0 Å². The monoisotopic (exact) mass is 238 g/mol. The van der Waals surface area contributed by atoms with Crippen LogP contribution in [0, 0.1) is 0 Å². The topological polar surface area (TPSA) is 24.5 Å². The minimum absolute atomic E-state index is 0.465. The van der Waals surface area contributed by atoms with Crippen LogP contribution < -0.4 is 5.32 Å². The molecule has 2 aliphatic heterocycles. The maximum absolute atomic E-state index is 5.87. The van der Waals surface area contributed by atoms with E-state index in [0.717, 1.165) is 6.61 Å². The molecule has 0 amide bonds. The maximum atomic E-state index is 5.87. The number of piperazine rings is 1. The van der Waals surface area contributed by atoms with E-state index in [1.165, 1.54) is 71.1 Å². The molecule has 3 heteroatoms. The molecule has 0 radical (unpaired) electrons. The molecule has 3 aliphatic rings. The smallest absolute Gasteiger partial charge is 0.0702 e. The van der Waals surface area contributed by atoms with Crippen LogP contribution in [0.15, 0.2) is 0 Å². The average Bonchev–Trinajstić information content (AvgIpc) is 2.79. The van der Waals surface area contributed by atoms with E-state index in [-0.39, 0.29) is 0 Å². The Morgan fingerprint density at radius 2 is 2.06 bits per heavy atom. The van der Waals surface area contributed by atoms with E-state index >= 15 is 0 Å². The fourth-order valence-corrected chi connectivity index (χ4v) is 3.82. The predicted octanol–water partition coefficient (Wildman–Crippen LogP) is 1.77. The summed E-state index contributed by atoms with van der Waals surface area (Å²) in [5.41, 5.74) is 0.465. The van der Waals surface area contributed by atoms with Crippen molar-refractivity contribution in [2.45, 2.75) is 56.6 Å². The summed E-state index contributed by atoms with van der Waals surface area (Å²) in [5, 5.41) is 3.78. The molecule has 3 fully saturated rings. The molecule has 0 aromatic heterocycles. The zero-order chi connectivity index (χ0) is 11.6. The second kappa shape index (κ2) is 5.25. The summed E-state index contributed by atoms with van der Waals surface area (Å²) >= 11 is 0. The summed E-state index contributed by atoms with van der Waals surface area (Å²) in [4.78, 5) is 2.65. The molecule has 0 bridgehead atoms. The summed E-state index contributed by atoms with van der Waals surface area (Å²) < 4.78 is 5.87. The first-order valence-electron chi connectivity index (χ1n) is 7.45. The third kappa shape index (κ3) is 2.83. The lowest BCUT2D eigenvalue weighted by molar-refractivity contribution is -0.0156. The molecule has 1 saturated carbocycles. The van der Waals surface area contributed by atoms with Crippen molar-refractivity contribution in [2.24, 2.45) is 0 Å². The van der Waals surface area contributed by atoms with Crippen molar-refractivity contribution in [3.05, 3.63) is 0 Å². The first-order chi connectivity index (χ1) is 8.36. The molecule has 1 aliphatic carbocycles. The number of nitrogens with one attached hydrogen (secondary N) is 1. The fourth-order valence-electron chi connectivity index (χ4n) is 3.82. The summed E-state index contributed by atoms with van der Waals surface area (Å²) in [6, 6.07) is 0. The van der Waals surface area contributed by atoms with Gasteiger partial charge in [-0.15, -0.1) is 0 Å². The SMILES string of the molecule is C1CCC(CN2CCNC3(CCCC3)C2)OC1. The normalized spacial score (nSPS) is 34.2. The highest BCUT2D eigenvalue weighted by atomic mass is 16.5. The summed E-state index contributed by atoms with van der Waals surface area (Å²) in [6.45, 7) is 5.80. The average molecular weight is 238 g/mol. The lowest BCUT2D eigenvalue weighted by Gasteiger charge is -2.43. The van der Waals surface area contributed by atoms with Gasteiger partial charge in [-0.3, -0.25) is 4.90 Å². The van der Waals surface area contributed by atoms with Crippen molar-refractivity contribution >= 4 is 0 Å². The molecular formula is C14H26N2O. The minimum atomic E-state index is 0.465. The van der Waals surface area contributed by atoms with Gasteiger partial charge in [-0.05, 0) is 32.1 Å². The molecule has 0 aromatic rings. The zero-order valence-electron chi connectivity index (χ0n) is 10.9. The van der Waals surface area contributed by atoms with Crippen LogP contribution in [0.3, 0.4) is 0 Å². The van der Waals surface area contributed by atoms with Crippen molar-refractivity contribution < 1.29 is 4.74 Å². The molecule has 3 nitrogen and oxygen atoms in total. The molecule has 0 aromatic carbocycles. The van der Waals surface area contributed by atoms with Gasteiger partial charge >= 0.3 is 0 Å².